The number of rotatable bonds is 4. The zero-order valence-electron chi connectivity index (χ0n) is 13.8. The third-order valence-electron chi connectivity index (χ3n) is 3.81. The fraction of sp³-hybridized carbons (Fsp3) is 0. The molecule has 3 heterocycles. The number of phenolic OH excluding ortho intramolecular Hbond substituents is 1. The lowest BCUT2D eigenvalue weighted by Gasteiger charge is -2.08. The van der Waals surface area contributed by atoms with Crippen LogP contribution in [0.3, 0.4) is 0 Å². The number of aromatic hydroxyl groups is 1. The normalized spacial score (nSPS) is 10.5. The topological polar surface area (TPSA) is 68.1 Å². The molecule has 0 aliphatic rings. The number of nitrogens with zero attached hydrogens (tertiary/aromatic N) is 3. The molecule has 0 aliphatic heterocycles. The molecule has 5 heteroatoms. The van der Waals surface area contributed by atoms with Gasteiger partial charge in [-0.2, -0.15) is 0 Å². The van der Waals surface area contributed by atoms with Crippen LogP contribution >= 0.6 is 0 Å². The quantitative estimate of drug-likeness (QED) is 0.582. The summed E-state index contributed by atoms with van der Waals surface area (Å²) in [5.74, 6) is 1.14. The number of aromatic nitrogens is 3. The smallest absolute Gasteiger partial charge is 0.221 e. The van der Waals surface area contributed by atoms with Crippen LogP contribution < -0.4 is 4.74 Å². The molecule has 26 heavy (non-hydrogen) atoms. The highest BCUT2D eigenvalue weighted by atomic mass is 16.5. The van der Waals surface area contributed by atoms with Gasteiger partial charge in [0.05, 0.1) is 11.4 Å². The maximum Gasteiger partial charge on any atom is 0.221 e. The van der Waals surface area contributed by atoms with E-state index in [-0.39, 0.29) is 5.75 Å². The number of pyridine rings is 3. The minimum atomic E-state index is 0.192. The largest absolute Gasteiger partial charge is 0.507 e. The fourth-order valence-electron chi connectivity index (χ4n) is 2.57. The zero-order chi connectivity index (χ0) is 17.8. The van der Waals surface area contributed by atoms with Crippen LogP contribution in [-0.2, 0) is 0 Å². The molecule has 5 nitrogen and oxygen atoms in total. The van der Waals surface area contributed by atoms with Gasteiger partial charge < -0.3 is 9.84 Å². The first-order valence-corrected chi connectivity index (χ1v) is 8.10. The van der Waals surface area contributed by atoms with Crippen molar-refractivity contribution in [3.8, 4) is 40.0 Å². The van der Waals surface area contributed by atoms with Crippen LogP contribution in [0.25, 0.3) is 22.5 Å². The molecular formula is C21H15N3O2. The highest BCUT2D eigenvalue weighted by Gasteiger charge is 2.08. The van der Waals surface area contributed by atoms with E-state index in [9.17, 15) is 5.11 Å². The monoisotopic (exact) mass is 341 g/mol. The molecule has 4 aromatic rings. The molecule has 126 valence electrons. The molecule has 0 saturated heterocycles. The molecule has 0 saturated carbocycles. The second-order valence-corrected chi connectivity index (χ2v) is 5.58. The predicted molar refractivity (Wildman–Crippen MR) is 98.9 cm³/mol. The summed E-state index contributed by atoms with van der Waals surface area (Å²) >= 11 is 0. The van der Waals surface area contributed by atoms with Crippen molar-refractivity contribution in [2.75, 3.05) is 0 Å². The Hall–Kier alpha value is -3.73. The van der Waals surface area contributed by atoms with Crippen molar-refractivity contribution in [2.24, 2.45) is 0 Å². The Bertz CT molecular complexity index is 1040. The highest BCUT2D eigenvalue weighted by Crippen LogP contribution is 2.30. The van der Waals surface area contributed by atoms with Crippen molar-refractivity contribution in [1.82, 2.24) is 15.0 Å². The van der Waals surface area contributed by atoms with Crippen LogP contribution in [0, 0.1) is 0 Å². The summed E-state index contributed by atoms with van der Waals surface area (Å²) in [6.45, 7) is 0. The molecule has 4 rings (SSSR count). The molecule has 1 aromatic carbocycles. The lowest BCUT2D eigenvalue weighted by atomic mass is 10.1. The van der Waals surface area contributed by atoms with Crippen molar-refractivity contribution in [2.45, 2.75) is 0 Å². The van der Waals surface area contributed by atoms with E-state index in [4.69, 9.17) is 4.74 Å². The molecule has 3 aromatic heterocycles. The van der Waals surface area contributed by atoms with Gasteiger partial charge in [0, 0.05) is 35.7 Å². The van der Waals surface area contributed by atoms with Crippen molar-refractivity contribution in [1.29, 1.82) is 0 Å². The Morgan fingerprint density at radius 3 is 2.38 bits per heavy atom. The van der Waals surface area contributed by atoms with Crippen molar-refractivity contribution in [3.05, 3.63) is 85.2 Å². The fourth-order valence-corrected chi connectivity index (χ4v) is 2.57. The van der Waals surface area contributed by atoms with Gasteiger partial charge in [-0.25, -0.2) is 9.97 Å². The molecule has 0 atom stereocenters. The van der Waals surface area contributed by atoms with Gasteiger partial charge in [-0.05, 0) is 36.4 Å². The maximum absolute atomic E-state index is 10.1. The Kier molecular flexibility index (Phi) is 4.26. The summed E-state index contributed by atoms with van der Waals surface area (Å²) in [4.78, 5) is 13.0. The van der Waals surface area contributed by atoms with E-state index in [1.54, 1.807) is 36.7 Å². The second kappa shape index (κ2) is 7.03. The van der Waals surface area contributed by atoms with E-state index in [0.717, 1.165) is 11.3 Å². The Balaban J connectivity index is 1.67. The number of hydrogen-bond acceptors (Lipinski definition) is 5. The van der Waals surface area contributed by atoms with E-state index < -0.39 is 0 Å². The number of phenols is 1. The predicted octanol–water partition coefficient (Wildman–Crippen LogP) is 4.70. The summed E-state index contributed by atoms with van der Waals surface area (Å²) in [5.41, 5.74) is 2.98. The maximum atomic E-state index is 10.1. The Morgan fingerprint density at radius 1 is 0.692 bits per heavy atom. The molecule has 0 radical (unpaired) electrons. The molecule has 0 amide bonds. The van der Waals surface area contributed by atoms with Gasteiger partial charge in [0.15, 0.2) is 0 Å². The van der Waals surface area contributed by atoms with Crippen LogP contribution in [0.1, 0.15) is 0 Å². The van der Waals surface area contributed by atoms with Gasteiger partial charge in [0.1, 0.15) is 5.75 Å². The highest BCUT2D eigenvalue weighted by molar-refractivity contribution is 5.72. The number of para-hydroxylation sites is 1. The van der Waals surface area contributed by atoms with Gasteiger partial charge in [-0.3, -0.25) is 4.98 Å². The lowest BCUT2D eigenvalue weighted by Crippen LogP contribution is -1.92. The molecule has 1 N–H and O–H groups in total. The van der Waals surface area contributed by atoms with Gasteiger partial charge >= 0.3 is 0 Å². The van der Waals surface area contributed by atoms with Crippen LogP contribution in [-0.4, -0.2) is 20.1 Å². The first-order valence-electron chi connectivity index (χ1n) is 8.10. The SMILES string of the molecule is Oc1ccccc1-c1cc(-c2cccc(Oc3ccccn3)n2)ccn1. The van der Waals surface area contributed by atoms with Crippen molar-refractivity contribution >= 4 is 0 Å². The summed E-state index contributed by atoms with van der Waals surface area (Å²) in [5, 5.41) is 10.1. The summed E-state index contributed by atoms with van der Waals surface area (Å²) < 4.78 is 5.70. The molecular weight excluding hydrogens is 326 g/mol. The van der Waals surface area contributed by atoms with E-state index in [2.05, 4.69) is 15.0 Å². The third kappa shape index (κ3) is 3.37. The average molecular weight is 341 g/mol. The van der Waals surface area contributed by atoms with Crippen LogP contribution in [0.15, 0.2) is 85.2 Å². The lowest BCUT2D eigenvalue weighted by molar-refractivity contribution is 0.445. The van der Waals surface area contributed by atoms with Crippen LogP contribution in [0.2, 0.25) is 0 Å². The molecule has 0 bridgehead atoms. The van der Waals surface area contributed by atoms with Gasteiger partial charge in [-0.1, -0.05) is 24.3 Å². The summed E-state index contributed by atoms with van der Waals surface area (Å²) in [6.07, 6.45) is 3.37. The minimum Gasteiger partial charge on any atom is -0.507 e. The minimum absolute atomic E-state index is 0.192. The van der Waals surface area contributed by atoms with Crippen LogP contribution in [0.4, 0.5) is 0 Å². The average Bonchev–Trinajstić information content (AvgIpc) is 2.69. The van der Waals surface area contributed by atoms with Gasteiger partial charge in [0.25, 0.3) is 0 Å². The zero-order valence-corrected chi connectivity index (χ0v) is 13.8. The van der Waals surface area contributed by atoms with E-state index in [0.29, 0.717) is 23.0 Å². The first-order chi connectivity index (χ1) is 12.8. The van der Waals surface area contributed by atoms with Crippen molar-refractivity contribution < 1.29 is 9.84 Å². The van der Waals surface area contributed by atoms with E-state index in [1.807, 2.05) is 48.5 Å². The van der Waals surface area contributed by atoms with Crippen LogP contribution in [0.5, 0.6) is 17.5 Å². The summed E-state index contributed by atoms with van der Waals surface area (Å²) in [6, 6.07) is 21.9. The molecule has 0 aliphatic carbocycles. The first kappa shape index (κ1) is 15.8. The standard InChI is InChI=1S/C21H15N3O2/c25-19-8-2-1-6-16(19)18-14-15(11-13-22-18)17-7-5-10-21(24-17)26-20-9-3-4-12-23-20/h1-14,25H. The number of ether oxygens (including phenoxy) is 1. The second-order valence-electron chi connectivity index (χ2n) is 5.58. The van der Waals surface area contributed by atoms with Gasteiger partial charge in [0.2, 0.25) is 11.8 Å². The Labute approximate surface area is 150 Å². The summed E-state index contributed by atoms with van der Waals surface area (Å²) in [7, 11) is 0. The molecule has 0 spiro atoms. The third-order valence-corrected chi connectivity index (χ3v) is 3.81. The molecule has 0 fully saturated rings. The number of benzene rings is 1. The number of hydrogen-bond donors (Lipinski definition) is 1. The molecule has 0 unspecified atom stereocenters. The van der Waals surface area contributed by atoms with E-state index >= 15 is 0 Å². The van der Waals surface area contributed by atoms with Gasteiger partial charge in [-0.15, -0.1) is 0 Å². The van der Waals surface area contributed by atoms with Crippen molar-refractivity contribution in [3.63, 3.8) is 0 Å². The van der Waals surface area contributed by atoms with E-state index in [1.165, 1.54) is 0 Å². The Morgan fingerprint density at radius 2 is 1.54 bits per heavy atom.